The minimum atomic E-state index is -1.75. The molecule has 2 fully saturated rings. The summed E-state index contributed by atoms with van der Waals surface area (Å²) in [7, 11) is 0. The summed E-state index contributed by atoms with van der Waals surface area (Å²) in [6.07, 6.45) is -15.3. The predicted octanol–water partition coefficient (Wildman–Crippen LogP) is -4.25. The van der Waals surface area contributed by atoms with Gasteiger partial charge in [0.2, 0.25) is 0 Å². The van der Waals surface area contributed by atoms with E-state index in [1.165, 1.54) is 6.92 Å². The van der Waals surface area contributed by atoms with Gasteiger partial charge < -0.3 is 59.4 Å². The molecule has 0 aromatic carbocycles. The number of rotatable bonds is 9. The van der Waals surface area contributed by atoms with Gasteiger partial charge in [-0.2, -0.15) is 0 Å². The highest BCUT2D eigenvalue weighted by Gasteiger charge is 2.50. The van der Waals surface area contributed by atoms with Crippen molar-refractivity contribution in [1.29, 1.82) is 0 Å². The van der Waals surface area contributed by atoms with Crippen LogP contribution < -0.4 is 0 Å². The zero-order chi connectivity index (χ0) is 23.3. The Bertz CT molecular complexity index is 597. The Morgan fingerprint density at radius 2 is 1.42 bits per heavy atom. The molecule has 10 atom stereocenters. The monoisotopic (exact) mass is 454 g/mol. The van der Waals surface area contributed by atoms with Crippen LogP contribution in [0.4, 0.5) is 0 Å². The summed E-state index contributed by atoms with van der Waals surface area (Å²) < 4.78 is 26.1. The second-order valence-electron chi connectivity index (χ2n) is 7.29. The summed E-state index contributed by atoms with van der Waals surface area (Å²) in [6.45, 7) is 3.15. The maximum atomic E-state index is 11.3. The quantitative estimate of drug-likeness (QED) is 0.100. The first-order valence-corrected chi connectivity index (χ1v) is 9.65. The smallest absolute Gasteiger partial charge is 0.333 e. The zero-order valence-corrected chi connectivity index (χ0v) is 16.9. The van der Waals surface area contributed by atoms with Gasteiger partial charge in [0.1, 0.15) is 55.4 Å². The number of esters is 1. The van der Waals surface area contributed by atoms with Gasteiger partial charge in [0.05, 0.1) is 19.8 Å². The van der Waals surface area contributed by atoms with Gasteiger partial charge in [-0.25, -0.2) is 4.79 Å². The van der Waals surface area contributed by atoms with E-state index in [9.17, 15) is 40.5 Å². The number of ether oxygens (including phenoxy) is 5. The largest absolute Gasteiger partial charge is 0.460 e. The molecule has 13 nitrogen and oxygen atoms in total. The third-order valence-corrected chi connectivity index (χ3v) is 4.91. The van der Waals surface area contributed by atoms with E-state index in [4.69, 9.17) is 23.7 Å². The Balaban J connectivity index is 1.97. The fourth-order valence-corrected chi connectivity index (χ4v) is 3.11. The summed E-state index contributed by atoms with van der Waals surface area (Å²) in [6, 6.07) is 0. The van der Waals surface area contributed by atoms with Crippen molar-refractivity contribution in [2.75, 3.05) is 26.4 Å². The van der Waals surface area contributed by atoms with Gasteiger partial charge in [-0.1, -0.05) is 6.58 Å². The number of aliphatic hydroxyl groups is 7. The maximum absolute atomic E-state index is 11.3. The Morgan fingerprint density at radius 1 is 0.839 bits per heavy atom. The molecule has 0 spiro atoms. The topological polar surface area (TPSA) is 205 Å². The van der Waals surface area contributed by atoms with E-state index in [0.29, 0.717) is 0 Å². The molecular weight excluding hydrogens is 424 g/mol. The molecule has 0 aromatic heterocycles. The second-order valence-corrected chi connectivity index (χ2v) is 7.29. The van der Waals surface area contributed by atoms with E-state index in [1.807, 2.05) is 0 Å². The van der Waals surface area contributed by atoms with E-state index < -0.39 is 80.6 Å². The van der Waals surface area contributed by atoms with Crippen LogP contribution in [0.5, 0.6) is 0 Å². The predicted molar refractivity (Wildman–Crippen MR) is 98.1 cm³/mol. The van der Waals surface area contributed by atoms with Crippen molar-refractivity contribution >= 4 is 5.97 Å². The van der Waals surface area contributed by atoms with E-state index >= 15 is 0 Å². The lowest BCUT2D eigenvalue weighted by Gasteiger charge is -2.45. The molecule has 2 aliphatic heterocycles. The first kappa shape index (κ1) is 26.0. The van der Waals surface area contributed by atoms with Gasteiger partial charge in [0, 0.05) is 5.57 Å². The SMILES string of the molecule is C=C(C)C(=O)OCCO[C@H]1O[C@H](CO)[C@@H](O[C@H]2O[C@H](CO)[C@@H](O)[C@H](O)[C@H]2O)[C@H](O)[C@H]1O. The third-order valence-electron chi connectivity index (χ3n) is 4.91. The molecule has 0 bridgehead atoms. The van der Waals surface area contributed by atoms with Gasteiger partial charge in [-0.05, 0) is 6.92 Å². The van der Waals surface area contributed by atoms with Crippen LogP contribution in [0.3, 0.4) is 0 Å². The Labute approximate surface area is 178 Å². The molecule has 13 heteroatoms. The molecule has 0 saturated carbocycles. The zero-order valence-electron chi connectivity index (χ0n) is 16.9. The van der Waals surface area contributed by atoms with Crippen molar-refractivity contribution < 1.29 is 64.2 Å². The van der Waals surface area contributed by atoms with Gasteiger partial charge in [0.25, 0.3) is 0 Å². The fourth-order valence-electron chi connectivity index (χ4n) is 3.11. The molecule has 0 aromatic rings. The number of hydrogen-bond donors (Lipinski definition) is 7. The highest BCUT2D eigenvalue weighted by Crippen LogP contribution is 2.29. The summed E-state index contributed by atoms with van der Waals surface area (Å²) in [5.74, 6) is -0.630. The van der Waals surface area contributed by atoms with E-state index in [-0.39, 0.29) is 18.8 Å². The molecule has 180 valence electrons. The Hall–Kier alpha value is -1.23. The first-order valence-electron chi connectivity index (χ1n) is 9.65. The maximum Gasteiger partial charge on any atom is 0.333 e. The van der Waals surface area contributed by atoms with Gasteiger partial charge in [0.15, 0.2) is 12.6 Å². The second kappa shape index (κ2) is 11.6. The highest BCUT2D eigenvalue weighted by atomic mass is 16.7. The number of aliphatic hydroxyl groups excluding tert-OH is 7. The lowest BCUT2D eigenvalue weighted by molar-refractivity contribution is -0.359. The Kier molecular flexibility index (Phi) is 9.72. The van der Waals surface area contributed by atoms with Crippen LogP contribution in [-0.2, 0) is 28.5 Å². The molecule has 0 radical (unpaired) electrons. The van der Waals surface area contributed by atoms with Gasteiger partial charge >= 0.3 is 5.97 Å². The van der Waals surface area contributed by atoms with Gasteiger partial charge in [-0.3, -0.25) is 0 Å². The average Bonchev–Trinajstić information content (AvgIpc) is 2.75. The summed E-state index contributed by atoms with van der Waals surface area (Å²) in [5, 5.41) is 69.3. The fraction of sp³-hybridized carbons (Fsp3) is 0.833. The summed E-state index contributed by atoms with van der Waals surface area (Å²) in [5.41, 5.74) is 0.193. The summed E-state index contributed by atoms with van der Waals surface area (Å²) in [4.78, 5) is 11.3. The van der Waals surface area contributed by atoms with Crippen molar-refractivity contribution in [2.24, 2.45) is 0 Å². The van der Waals surface area contributed by atoms with Crippen molar-refractivity contribution in [3.05, 3.63) is 12.2 Å². The van der Waals surface area contributed by atoms with Crippen LogP contribution in [-0.4, -0.2) is 130 Å². The van der Waals surface area contributed by atoms with E-state index in [1.54, 1.807) is 0 Å². The van der Waals surface area contributed by atoms with E-state index in [0.717, 1.165) is 0 Å². The molecule has 2 saturated heterocycles. The molecule has 0 aliphatic carbocycles. The van der Waals surface area contributed by atoms with Crippen LogP contribution in [0.15, 0.2) is 12.2 Å². The van der Waals surface area contributed by atoms with Crippen LogP contribution >= 0.6 is 0 Å². The molecule has 31 heavy (non-hydrogen) atoms. The number of hydrogen-bond acceptors (Lipinski definition) is 13. The normalized spacial score (nSPS) is 41.0. The van der Waals surface area contributed by atoms with E-state index in [2.05, 4.69) is 6.58 Å². The van der Waals surface area contributed by atoms with Crippen LogP contribution in [0, 0.1) is 0 Å². The number of carbonyl (C=O) groups is 1. The minimum Gasteiger partial charge on any atom is -0.460 e. The molecule has 7 N–H and O–H groups in total. The lowest BCUT2D eigenvalue weighted by Crippen LogP contribution is -2.64. The van der Waals surface area contributed by atoms with Crippen molar-refractivity contribution in [2.45, 2.75) is 68.3 Å². The van der Waals surface area contributed by atoms with Crippen LogP contribution in [0.1, 0.15) is 6.92 Å². The van der Waals surface area contributed by atoms with Crippen LogP contribution in [0.25, 0.3) is 0 Å². The first-order chi connectivity index (χ1) is 14.6. The summed E-state index contributed by atoms with van der Waals surface area (Å²) >= 11 is 0. The molecule has 0 unspecified atom stereocenters. The molecular formula is C18H30O13. The molecule has 0 amide bonds. The lowest BCUT2D eigenvalue weighted by atomic mass is 9.97. The highest BCUT2D eigenvalue weighted by molar-refractivity contribution is 5.86. The molecule has 2 aliphatic rings. The minimum absolute atomic E-state index is 0.178. The standard InChI is InChI=1S/C18H30O13/c1-7(2)16(26)27-3-4-28-17-14(25)12(23)15(9(6-20)30-17)31-18-13(24)11(22)10(21)8(5-19)29-18/h8-15,17-25H,1,3-6H2,2H3/t8-,9-,10-,11+,12-,13-,14-,15-,17+,18-/m1/s1. The third kappa shape index (κ3) is 6.18. The van der Waals surface area contributed by atoms with Crippen LogP contribution in [0.2, 0.25) is 0 Å². The van der Waals surface area contributed by atoms with Crippen molar-refractivity contribution in [3.63, 3.8) is 0 Å². The van der Waals surface area contributed by atoms with Gasteiger partial charge in [-0.15, -0.1) is 0 Å². The molecule has 2 rings (SSSR count). The number of carbonyl (C=O) groups excluding carboxylic acids is 1. The van der Waals surface area contributed by atoms with Crippen molar-refractivity contribution in [1.82, 2.24) is 0 Å². The Morgan fingerprint density at radius 3 is 2.00 bits per heavy atom. The van der Waals surface area contributed by atoms with Crippen molar-refractivity contribution in [3.8, 4) is 0 Å². The average molecular weight is 454 g/mol. The molecule has 2 heterocycles.